The maximum atomic E-state index is 12.4. The maximum absolute atomic E-state index is 12.4. The van der Waals surface area contributed by atoms with Crippen molar-refractivity contribution < 1.29 is 4.79 Å². The van der Waals surface area contributed by atoms with E-state index in [0.717, 1.165) is 11.1 Å². The summed E-state index contributed by atoms with van der Waals surface area (Å²) < 4.78 is 0. The van der Waals surface area contributed by atoms with Gasteiger partial charge in [-0.1, -0.05) is 38.1 Å². The number of nitrogens with one attached hydrogen (secondary N) is 2. The third-order valence-corrected chi connectivity index (χ3v) is 3.56. The Morgan fingerprint density at radius 2 is 2.00 bits per heavy atom. The number of hydrogen-bond acceptors (Lipinski definition) is 4. The van der Waals surface area contributed by atoms with E-state index in [2.05, 4.69) is 29.5 Å². The van der Waals surface area contributed by atoms with Gasteiger partial charge in [0.2, 0.25) is 0 Å². The number of nitriles is 1. The number of anilines is 2. The molecule has 2 N–H and O–H groups in total. The Morgan fingerprint density at radius 1 is 1.25 bits per heavy atom. The highest BCUT2D eigenvalue weighted by molar-refractivity contribution is 6.07. The fourth-order valence-corrected chi connectivity index (χ4v) is 2.23. The SMILES string of the molecule is Cc1cccnc1N/C=C(/C#N)C(=O)Nc1ccccc1C(C)C. The second-order valence-corrected chi connectivity index (χ2v) is 5.68. The van der Waals surface area contributed by atoms with E-state index in [9.17, 15) is 10.1 Å². The van der Waals surface area contributed by atoms with Gasteiger partial charge in [0.1, 0.15) is 17.5 Å². The number of benzene rings is 1. The molecule has 1 aromatic heterocycles. The molecule has 1 aromatic carbocycles. The molecule has 5 nitrogen and oxygen atoms in total. The van der Waals surface area contributed by atoms with Gasteiger partial charge >= 0.3 is 0 Å². The van der Waals surface area contributed by atoms with Crippen LogP contribution in [0.3, 0.4) is 0 Å². The van der Waals surface area contributed by atoms with Gasteiger partial charge in [-0.25, -0.2) is 4.98 Å². The van der Waals surface area contributed by atoms with Gasteiger partial charge in [0.25, 0.3) is 5.91 Å². The highest BCUT2D eigenvalue weighted by Gasteiger charge is 2.13. The zero-order valence-electron chi connectivity index (χ0n) is 14.0. The molecule has 1 heterocycles. The van der Waals surface area contributed by atoms with Gasteiger partial charge in [-0.15, -0.1) is 0 Å². The van der Waals surface area contributed by atoms with Crippen LogP contribution in [-0.2, 0) is 4.79 Å². The minimum absolute atomic E-state index is 0.0152. The summed E-state index contributed by atoms with van der Waals surface area (Å²) >= 11 is 0. The molecule has 5 heteroatoms. The monoisotopic (exact) mass is 320 g/mol. The van der Waals surface area contributed by atoms with Crippen LogP contribution in [0.2, 0.25) is 0 Å². The minimum Gasteiger partial charge on any atom is -0.345 e. The molecule has 0 saturated heterocycles. The Bertz CT molecular complexity index is 803. The molecule has 0 spiro atoms. The molecular weight excluding hydrogens is 300 g/mol. The van der Waals surface area contributed by atoms with Gasteiger partial charge in [-0.05, 0) is 36.1 Å². The van der Waals surface area contributed by atoms with Crippen molar-refractivity contribution in [1.82, 2.24) is 4.98 Å². The summed E-state index contributed by atoms with van der Waals surface area (Å²) in [5.74, 6) is 0.428. The van der Waals surface area contributed by atoms with Crippen molar-refractivity contribution in [3.8, 4) is 6.07 Å². The highest BCUT2D eigenvalue weighted by atomic mass is 16.1. The lowest BCUT2D eigenvalue weighted by molar-refractivity contribution is -0.112. The molecular formula is C19H20N4O. The lowest BCUT2D eigenvalue weighted by atomic mass is 10.0. The molecule has 0 atom stereocenters. The number of amides is 1. The predicted molar refractivity (Wildman–Crippen MR) is 95.5 cm³/mol. The van der Waals surface area contributed by atoms with Crippen LogP contribution < -0.4 is 10.6 Å². The lowest BCUT2D eigenvalue weighted by Gasteiger charge is -2.13. The van der Waals surface area contributed by atoms with Crippen LogP contribution in [0.25, 0.3) is 0 Å². The Morgan fingerprint density at radius 3 is 2.67 bits per heavy atom. The number of carbonyl (C=O) groups is 1. The van der Waals surface area contributed by atoms with E-state index in [1.54, 1.807) is 6.20 Å². The Labute approximate surface area is 142 Å². The molecule has 122 valence electrons. The number of aryl methyl sites for hydroxylation is 1. The summed E-state index contributed by atoms with van der Waals surface area (Å²) in [5.41, 5.74) is 2.65. The van der Waals surface area contributed by atoms with E-state index >= 15 is 0 Å². The summed E-state index contributed by atoms with van der Waals surface area (Å²) in [6, 6.07) is 13.2. The Balaban J connectivity index is 2.17. The summed E-state index contributed by atoms with van der Waals surface area (Å²) in [6.45, 7) is 6.00. The molecule has 0 saturated carbocycles. The molecule has 0 unspecified atom stereocenters. The average Bonchev–Trinajstić information content (AvgIpc) is 2.57. The second kappa shape index (κ2) is 7.93. The first-order valence-electron chi connectivity index (χ1n) is 7.71. The number of aromatic nitrogens is 1. The van der Waals surface area contributed by atoms with Crippen molar-refractivity contribution >= 4 is 17.4 Å². The smallest absolute Gasteiger partial charge is 0.267 e. The van der Waals surface area contributed by atoms with Crippen molar-refractivity contribution in [1.29, 1.82) is 5.26 Å². The first-order valence-corrected chi connectivity index (χ1v) is 7.71. The number of rotatable bonds is 5. The molecule has 0 aliphatic heterocycles. The fourth-order valence-electron chi connectivity index (χ4n) is 2.23. The summed E-state index contributed by atoms with van der Waals surface area (Å²) in [5, 5.41) is 15.0. The van der Waals surface area contributed by atoms with E-state index in [1.807, 2.05) is 49.4 Å². The molecule has 0 aliphatic carbocycles. The molecule has 0 bridgehead atoms. The third kappa shape index (κ3) is 4.20. The summed E-state index contributed by atoms with van der Waals surface area (Å²) in [7, 11) is 0. The van der Waals surface area contributed by atoms with Gasteiger partial charge in [0, 0.05) is 18.1 Å². The van der Waals surface area contributed by atoms with Crippen LogP contribution >= 0.6 is 0 Å². The first kappa shape index (κ1) is 17.2. The second-order valence-electron chi connectivity index (χ2n) is 5.68. The number of hydrogen-bond donors (Lipinski definition) is 2. The molecule has 0 aliphatic rings. The average molecular weight is 320 g/mol. The van der Waals surface area contributed by atoms with Crippen LogP contribution in [-0.4, -0.2) is 10.9 Å². The van der Waals surface area contributed by atoms with Crippen LogP contribution in [0.1, 0.15) is 30.9 Å². The van der Waals surface area contributed by atoms with Crippen molar-refractivity contribution in [3.05, 3.63) is 65.5 Å². The first-order chi connectivity index (χ1) is 11.5. The largest absolute Gasteiger partial charge is 0.345 e. The van der Waals surface area contributed by atoms with Gasteiger partial charge in [0.15, 0.2) is 0 Å². The van der Waals surface area contributed by atoms with Crippen LogP contribution in [0.15, 0.2) is 54.4 Å². The standard InChI is InChI=1S/C19H20N4O/c1-13(2)16-8-4-5-9-17(16)23-19(24)15(11-20)12-22-18-14(3)7-6-10-21-18/h4-10,12-13H,1-3H3,(H,21,22)(H,23,24)/b15-12-. The van der Waals surface area contributed by atoms with Crippen LogP contribution in [0.4, 0.5) is 11.5 Å². The van der Waals surface area contributed by atoms with E-state index in [4.69, 9.17) is 0 Å². The van der Waals surface area contributed by atoms with Gasteiger partial charge in [-0.2, -0.15) is 5.26 Å². The molecule has 2 aromatic rings. The minimum atomic E-state index is -0.452. The van der Waals surface area contributed by atoms with Gasteiger partial charge < -0.3 is 10.6 Å². The van der Waals surface area contributed by atoms with E-state index in [-0.39, 0.29) is 11.5 Å². The third-order valence-electron chi connectivity index (χ3n) is 3.56. The maximum Gasteiger partial charge on any atom is 0.267 e. The lowest BCUT2D eigenvalue weighted by Crippen LogP contribution is -2.16. The Kier molecular flexibility index (Phi) is 5.69. The Hall–Kier alpha value is -3.13. The topological polar surface area (TPSA) is 77.8 Å². The zero-order valence-corrected chi connectivity index (χ0v) is 14.0. The number of pyridine rings is 1. The number of carbonyl (C=O) groups excluding carboxylic acids is 1. The summed E-state index contributed by atoms with van der Waals surface area (Å²) in [6.07, 6.45) is 3.02. The van der Waals surface area contributed by atoms with E-state index in [1.165, 1.54) is 6.20 Å². The zero-order chi connectivity index (χ0) is 17.5. The summed E-state index contributed by atoms with van der Waals surface area (Å²) in [4.78, 5) is 16.5. The normalized spacial score (nSPS) is 11.0. The van der Waals surface area contributed by atoms with Gasteiger partial charge in [-0.3, -0.25) is 4.79 Å². The van der Waals surface area contributed by atoms with Crippen molar-refractivity contribution in [2.75, 3.05) is 10.6 Å². The number of para-hydroxylation sites is 1. The fraction of sp³-hybridized carbons (Fsp3) is 0.211. The van der Waals surface area contributed by atoms with E-state index < -0.39 is 5.91 Å². The highest BCUT2D eigenvalue weighted by Crippen LogP contribution is 2.24. The van der Waals surface area contributed by atoms with Crippen LogP contribution in [0.5, 0.6) is 0 Å². The number of nitrogens with zero attached hydrogens (tertiary/aromatic N) is 2. The van der Waals surface area contributed by atoms with Crippen molar-refractivity contribution in [2.45, 2.75) is 26.7 Å². The molecule has 24 heavy (non-hydrogen) atoms. The molecule has 0 fully saturated rings. The molecule has 1 amide bonds. The van der Waals surface area contributed by atoms with E-state index in [0.29, 0.717) is 11.5 Å². The quantitative estimate of drug-likeness (QED) is 0.645. The van der Waals surface area contributed by atoms with Crippen molar-refractivity contribution in [3.63, 3.8) is 0 Å². The molecule has 0 radical (unpaired) electrons. The molecule has 2 rings (SSSR count). The predicted octanol–water partition coefficient (Wildman–Crippen LogP) is 3.97. The van der Waals surface area contributed by atoms with Crippen LogP contribution in [0, 0.1) is 18.3 Å². The van der Waals surface area contributed by atoms with Crippen molar-refractivity contribution in [2.24, 2.45) is 0 Å². The van der Waals surface area contributed by atoms with Gasteiger partial charge in [0.05, 0.1) is 0 Å².